The second kappa shape index (κ2) is 6.55. The fraction of sp³-hybridized carbons (Fsp3) is 0.263. The van der Waals surface area contributed by atoms with Crippen LogP contribution >= 0.6 is 0 Å². The Kier molecular flexibility index (Phi) is 4.10. The third-order valence-electron chi connectivity index (χ3n) is 4.46. The lowest BCUT2D eigenvalue weighted by molar-refractivity contribution is 0.0336. The van der Waals surface area contributed by atoms with Crippen LogP contribution in [0.2, 0.25) is 0 Å². The van der Waals surface area contributed by atoms with Crippen LogP contribution in [0.15, 0.2) is 36.4 Å². The van der Waals surface area contributed by atoms with Crippen LogP contribution in [0.3, 0.4) is 0 Å². The highest BCUT2D eigenvalue weighted by molar-refractivity contribution is 5.98. The molecule has 0 atom stereocenters. The summed E-state index contributed by atoms with van der Waals surface area (Å²) in [5, 5.41) is 20.3. The molecule has 4 rings (SSSR count). The summed E-state index contributed by atoms with van der Waals surface area (Å²) in [6, 6.07) is 13.3. The summed E-state index contributed by atoms with van der Waals surface area (Å²) in [4.78, 5) is 9.99. The van der Waals surface area contributed by atoms with Crippen LogP contribution in [0.5, 0.6) is 5.88 Å². The van der Waals surface area contributed by atoms with E-state index in [9.17, 15) is 5.11 Å². The zero-order valence-electron chi connectivity index (χ0n) is 13.7. The Balaban J connectivity index is 1.72. The van der Waals surface area contributed by atoms with Crippen molar-refractivity contribution in [2.75, 3.05) is 26.3 Å². The molecule has 0 spiro atoms. The summed E-state index contributed by atoms with van der Waals surface area (Å²) in [5.74, 6) is 0.0705. The fourth-order valence-corrected chi connectivity index (χ4v) is 3.20. The summed E-state index contributed by atoms with van der Waals surface area (Å²) < 4.78 is 5.38. The molecule has 1 aliphatic heterocycles. The first-order valence-electron chi connectivity index (χ1n) is 8.26. The van der Waals surface area contributed by atoms with Gasteiger partial charge in [0.25, 0.3) is 0 Å². The second-order valence-corrected chi connectivity index (χ2v) is 6.12. The van der Waals surface area contributed by atoms with Crippen molar-refractivity contribution in [2.45, 2.75) is 6.54 Å². The maximum Gasteiger partial charge on any atom is 0.199 e. The molecule has 1 saturated heterocycles. The van der Waals surface area contributed by atoms with E-state index in [-0.39, 0.29) is 5.88 Å². The molecule has 0 amide bonds. The number of morpholine rings is 1. The Morgan fingerprint density at radius 2 is 2.08 bits per heavy atom. The van der Waals surface area contributed by atoms with Crippen molar-refractivity contribution in [3.05, 3.63) is 47.7 Å². The highest BCUT2D eigenvalue weighted by Crippen LogP contribution is 2.36. The smallest absolute Gasteiger partial charge is 0.199 e. The van der Waals surface area contributed by atoms with Crippen LogP contribution in [0.25, 0.3) is 22.2 Å². The van der Waals surface area contributed by atoms with Crippen molar-refractivity contribution in [3.8, 4) is 23.2 Å². The van der Waals surface area contributed by atoms with Crippen molar-refractivity contribution in [2.24, 2.45) is 0 Å². The molecule has 3 aromatic rings. The molecular weight excluding hydrogens is 316 g/mol. The van der Waals surface area contributed by atoms with Gasteiger partial charge in [-0.05, 0) is 30.3 Å². The van der Waals surface area contributed by atoms with E-state index in [0.29, 0.717) is 16.8 Å². The lowest BCUT2D eigenvalue weighted by atomic mass is 10.1. The van der Waals surface area contributed by atoms with Crippen LogP contribution in [0.4, 0.5) is 0 Å². The number of nitrogens with zero attached hydrogens (tertiary/aromatic N) is 3. The van der Waals surface area contributed by atoms with Gasteiger partial charge in [0.05, 0.1) is 41.8 Å². The number of pyridine rings is 1. The maximum absolute atomic E-state index is 10.4. The lowest BCUT2D eigenvalue weighted by Gasteiger charge is -2.26. The number of H-pyrrole nitrogens is 1. The van der Waals surface area contributed by atoms with Crippen LogP contribution in [0, 0.1) is 11.3 Å². The molecule has 0 saturated carbocycles. The Morgan fingerprint density at radius 1 is 1.24 bits per heavy atom. The number of ether oxygens (including phenoxy) is 1. The summed E-state index contributed by atoms with van der Waals surface area (Å²) in [6.45, 7) is 4.05. The second-order valence-electron chi connectivity index (χ2n) is 6.12. The molecule has 0 radical (unpaired) electrons. The van der Waals surface area contributed by atoms with E-state index < -0.39 is 0 Å². The van der Waals surface area contributed by atoms with Gasteiger partial charge in [-0.2, -0.15) is 5.26 Å². The number of aromatic hydroxyl groups is 1. The first-order chi connectivity index (χ1) is 12.2. The van der Waals surface area contributed by atoms with E-state index in [0.717, 1.165) is 49.4 Å². The number of nitrogens with one attached hydrogen (secondary N) is 1. The van der Waals surface area contributed by atoms with E-state index in [1.165, 1.54) is 0 Å². The van der Waals surface area contributed by atoms with Crippen molar-refractivity contribution < 1.29 is 9.84 Å². The van der Waals surface area contributed by atoms with Crippen molar-refractivity contribution >= 4 is 10.9 Å². The molecule has 2 aromatic heterocycles. The zero-order chi connectivity index (χ0) is 17.2. The number of rotatable bonds is 3. The molecule has 1 fully saturated rings. The number of nitriles is 1. The number of fused-ring (bicyclic) bond motifs is 1. The van der Waals surface area contributed by atoms with Crippen LogP contribution in [-0.4, -0.2) is 46.3 Å². The first-order valence-corrected chi connectivity index (χ1v) is 8.26. The Hall–Kier alpha value is -2.88. The summed E-state index contributed by atoms with van der Waals surface area (Å²) in [5.41, 5.74) is 3.62. The minimum absolute atomic E-state index is 0.0705. The van der Waals surface area contributed by atoms with Crippen molar-refractivity contribution in [1.82, 2.24) is 14.9 Å². The molecule has 6 nitrogen and oxygen atoms in total. The van der Waals surface area contributed by atoms with Gasteiger partial charge in [-0.1, -0.05) is 6.07 Å². The topological polar surface area (TPSA) is 85.2 Å². The van der Waals surface area contributed by atoms with Gasteiger partial charge in [0.2, 0.25) is 0 Å². The monoisotopic (exact) mass is 334 g/mol. The molecule has 1 aromatic carbocycles. The van der Waals surface area contributed by atoms with E-state index in [1.54, 1.807) is 18.2 Å². The van der Waals surface area contributed by atoms with E-state index in [1.807, 2.05) is 18.2 Å². The van der Waals surface area contributed by atoms with Crippen molar-refractivity contribution in [3.63, 3.8) is 0 Å². The number of aromatic amines is 1. The minimum Gasteiger partial charge on any atom is -0.494 e. The molecular formula is C19H18N4O2. The van der Waals surface area contributed by atoms with Gasteiger partial charge in [-0.15, -0.1) is 0 Å². The Morgan fingerprint density at radius 3 is 2.88 bits per heavy atom. The van der Waals surface area contributed by atoms with Gasteiger partial charge in [0, 0.05) is 30.5 Å². The Labute approximate surface area is 145 Å². The normalized spacial score (nSPS) is 15.3. The standard InChI is InChI=1S/C19H18N4O2/c20-11-13-4-5-16-15(10-13)18(19(24)22-16)17-3-1-2-14(21-17)12-23-6-8-25-9-7-23/h1-5,10,22,24H,6-9,12H2. The molecule has 3 heterocycles. The highest BCUT2D eigenvalue weighted by atomic mass is 16.5. The van der Waals surface area contributed by atoms with Gasteiger partial charge in [0.15, 0.2) is 5.88 Å². The quantitative estimate of drug-likeness (QED) is 0.769. The average molecular weight is 334 g/mol. The summed E-state index contributed by atoms with van der Waals surface area (Å²) in [7, 11) is 0. The number of hydrogen-bond donors (Lipinski definition) is 2. The molecule has 6 heteroatoms. The largest absolute Gasteiger partial charge is 0.494 e. The lowest BCUT2D eigenvalue weighted by Crippen LogP contribution is -2.35. The molecule has 0 bridgehead atoms. The molecule has 1 aliphatic rings. The van der Waals surface area contributed by atoms with Crippen LogP contribution in [-0.2, 0) is 11.3 Å². The summed E-state index contributed by atoms with van der Waals surface area (Å²) in [6.07, 6.45) is 0. The van der Waals surface area contributed by atoms with E-state index in [2.05, 4.69) is 16.0 Å². The molecule has 0 unspecified atom stereocenters. The van der Waals surface area contributed by atoms with Gasteiger partial charge in [-0.25, -0.2) is 0 Å². The maximum atomic E-state index is 10.4. The first kappa shape index (κ1) is 15.6. The van der Waals surface area contributed by atoms with Gasteiger partial charge in [0.1, 0.15) is 0 Å². The predicted octanol–water partition coefficient (Wildman–Crippen LogP) is 2.64. The van der Waals surface area contributed by atoms with Gasteiger partial charge < -0.3 is 14.8 Å². The molecule has 0 aliphatic carbocycles. The van der Waals surface area contributed by atoms with Crippen molar-refractivity contribution in [1.29, 1.82) is 5.26 Å². The third kappa shape index (κ3) is 3.07. The molecule has 126 valence electrons. The third-order valence-corrected chi connectivity index (χ3v) is 4.46. The average Bonchev–Trinajstić information content (AvgIpc) is 2.97. The predicted molar refractivity (Wildman–Crippen MR) is 94.0 cm³/mol. The van der Waals surface area contributed by atoms with Crippen LogP contribution in [0.1, 0.15) is 11.3 Å². The summed E-state index contributed by atoms with van der Waals surface area (Å²) >= 11 is 0. The van der Waals surface area contributed by atoms with E-state index >= 15 is 0 Å². The van der Waals surface area contributed by atoms with Crippen LogP contribution < -0.4 is 0 Å². The fourth-order valence-electron chi connectivity index (χ4n) is 3.20. The zero-order valence-corrected chi connectivity index (χ0v) is 13.7. The number of benzene rings is 1. The molecule has 2 N–H and O–H groups in total. The Bertz CT molecular complexity index is 952. The SMILES string of the molecule is N#Cc1ccc2[nH]c(O)c(-c3cccc(CN4CCOCC4)n3)c2c1. The highest BCUT2D eigenvalue weighted by Gasteiger charge is 2.16. The number of hydrogen-bond acceptors (Lipinski definition) is 5. The van der Waals surface area contributed by atoms with Gasteiger partial charge in [-0.3, -0.25) is 9.88 Å². The van der Waals surface area contributed by atoms with E-state index in [4.69, 9.17) is 15.0 Å². The number of aromatic nitrogens is 2. The minimum atomic E-state index is 0.0705. The molecule has 25 heavy (non-hydrogen) atoms. The van der Waals surface area contributed by atoms with Gasteiger partial charge >= 0.3 is 0 Å².